The molecule has 0 N–H and O–H groups in total. The first-order chi connectivity index (χ1) is 28.3. The molecule has 0 aliphatic heterocycles. The second-order valence-corrected chi connectivity index (χ2v) is 15.9. The van der Waals surface area contributed by atoms with E-state index < -0.39 is 10.8 Å². The van der Waals surface area contributed by atoms with Crippen molar-refractivity contribution in [2.75, 3.05) is 0 Å². The molecule has 9 aromatic carbocycles. The molecular formula is C56H35N. The van der Waals surface area contributed by atoms with Crippen LogP contribution in [0.4, 0.5) is 0 Å². The van der Waals surface area contributed by atoms with Crippen LogP contribution in [0.15, 0.2) is 212 Å². The molecule has 0 saturated heterocycles. The lowest BCUT2D eigenvalue weighted by molar-refractivity contribution is 0.636. The summed E-state index contributed by atoms with van der Waals surface area (Å²) in [5.74, 6) is 0. The summed E-state index contributed by atoms with van der Waals surface area (Å²) < 4.78 is 2.40. The Kier molecular flexibility index (Phi) is 6.09. The first kappa shape index (κ1) is 31.0. The number of para-hydroxylation sites is 2. The van der Waals surface area contributed by atoms with Gasteiger partial charge in [0.05, 0.1) is 21.9 Å². The van der Waals surface area contributed by atoms with Crippen molar-refractivity contribution >= 4 is 21.8 Å². The molecule has 13 rings (SSSR count). The average Bonchev–Trinajstić information content (AvgIpc) is 3.90. The average molecular weight is 722 g/mol. The molecule has 3 aliphatic carbocycles. The van der Waals surface area contributed by atoms with Crippen LogP contribution in [-0.2, 0) is 10.8 Å². The highest BCUT2D eigenvalue weighted by atomic mass is 15.0. The van der Waals surface area contributed by atoms with Crippen molar-refractivity contribution < 1.29 is 0 Å². The number of hydrogen-bond donors (Lipinski definition) is 0. The normalized spacial score (nSPS) is 18.0. The largest absolute Gasteiger partial charge is 0.309 e. The first-order valence-corrected chi connectivity index (χ1v) is 20.0. The number of rotatable bonds is 3. The summed E-state index contributed by atoms with van der Waals surface area (Å²) in [4.78, 5) is 0. The first-order valence-electron chi connectivity index (χ1n) is 20.0. The van der Waals surface area contributed by atoms with Gasteiger partial charge in [0.2, 0.25) is 0 Å². The fourth-order valence-electron chi connectivity index (χ4n) is 11.5. The Hall–Kier alpha value is -7.22. The van der Waals surface area contributed by atoms with E-state index in [1.165, 1.54) is 105 Å². The molecule has 1 heterocycles. The molecule has 0 radical (unpaired) electrons. The predicted octanol–water partition coefficient (Wildman–Crippen LogP) is 13.5. The fourth-order valence-corrected chi connectivity index (χ4v) is 11.5. The molecule has 0 bridgehead atoms. The molecule has 57 heavy (non-hydrogen) atoms. The van der Waals surface area contributed by atoms with Gasteiger partial charge in [-0.2, -0.15) is 0 Å². The lowest BCUT2D eigenvalue weighted by Gasteiger charge is -2.48. The van der Waals surface area contributed by atoms with Gasteiger partial charge in [-0.1, -0.05) is 188 Å². The number of nitrogens with zero attached hydrogens (tertiary/aromatic N) is 1. The molecule has 10 aromatic rings. The highest BCUT2D eigenvalue weighted by Crippen LogP contribution is 2.69. The second kappa shape index (κ2) is 11.2. The minimum Gasteiger partial charge on any atom is -0.309 e. The van der Waals surface area contributed by atoms with Crippen LogP contribution in [0.5, 0.6) is 0 Å². The molecule has 1 heteroatoms. The van der Waals surface area contributed by atoms with E-state index in [-0.39, 0.29) is 0 Å². The molecule has 1 nitrogen and oxygen atoms in total. The Bertz CT molecular complexity index is 3240. The Morgan fingerprint density at radius 3 is 1.49 bits per heavy atom. The van der Waals surface area contributed by atoms with Crippen LogP contribution in [0, 0.1) is 0 Å². The molecule has 264 valence electrons. The van der Waals surface area contributed by atoms with E-state index in [2.05, 4.69) is 217 Å². The lowest BCUT2D eigenvalue weighted by atomic mass is 9.52. The van der Waals surface area contributed by atoms with Crippen LogP contribution in [0.3, 0.4) is 0 Å². The zero-order chi connectivity index (χ0) is 37.3. The number of benzene rings is 9. The van der Waals surface area contributed by atoms with Gasteiger partial charge < -0.3 is 4.57 Å². The Morgan fingerprint density at radius 2 is 0.789 bits per heavy atom. The summed E-state index contributed by atoms with van der Waals surface area (Å²) in [6.45, 7) is 0. The zero-order valence-electron chi connectivity index (χ0n) is 31.2. The van der Waals surface area contributed by atoms with Crippen LogP contribution in [0.25, 0.3) is 60.9 Å². The number of hydrogen-bond acceptors (Lipinski definition) is 0. The summed E-state index contributed by atoms with van der Waals surface area (Å²) in [5, 5.41) is 2.55. The summed E-state index contributed by atoms with van der Waals surface area (Å²) >= 11 is 0. The predicted molar refractivity (Wildman–Crippen MR) is 234 cm³/mol. The van der Waals surface area contributed by atoms with Crippen molar-refractivity contribution in [1.29, 1.82) is 0 Å². The van der Waals surface area contributed by atoms with E-state index in [0.29, 0.717) is 0 Å². The van der Waals surface area contributed by atoms with Crippen molar-refractivity contribution in [3.05, 3.63) is 257 Å². The van der Waals surface area contributed by atoms with Crippen LogP contribution >= 0.6 is 0 Å². The summed E-state index contributed by atoms with van der Waals surface area (Å²) in [7, 11) is 0. The molecule has 2 unspecified atom stereocenters. The van der Waals surface area contributed by atoms with Crippen LogP contribution in [0.2, 0.25) is 0 Å². The fraction of sp³-hybridized carbons (Fsp3) is 0.0357. The smallest absolute Gasteiger partial charge is 0.0720 e. The number of aromatic nitrogens is 1. The topological polar surface area (TPSA) is 4.93 Å². The van der Waals surface area contributed by atoms with Gasteiger partial charge in [0, 0.05) is 16.5 Å². The van der Waals surface area contributed by atoms with Crippen molar-refractivity contribution in [2.45, 2.75) is 10.8 Å². The minimum atomic E-state index is -0.507. The van der Waals surface area contributed by atoms with Gasteiger partial charge in [0.15, 0.2) is 0 Å². The third-order valence-corrected chi connectivity index (χ3v) is 13.5. The van der Waals surface area contributed by atoms with Gasteiger partial charge >= 0.3 is 0 Å². The Morgan fingerprint density at radius 1 is 0.298 bits per heavy atom. The van der Waals surface area contributed by atoms with E-state index in [4.69, 9.17) is 0 Å². The molecular weight excluding hydrogens is 687 g/mol. The molecule has 1 spiro atoms. The SMILES string of the molecule is c1ccc(C23c4ccccc4-c4cccc(c42)C2(c4ccccc4-c4c(-c5ccc(-n6c7ccccc7c7ccccc76)cc5)cccc42)c2ccccc23)cc1. The monoisotopic (exact) mass is 721 g/mol. The van der Waals surface area contributed by atoms with Crippen LogP contribution < -0.4 is 0 Å². The lowest BCUT2D eigenvalue weighted by Crippen LogP contribution is -2.43. The van der Waals surface area contributed by atoms with E-state index in [1.54, 1.807) is 0 Å². The third kappa shape index (κ3) is 3.70. The summed E-state index contributed by atoms with van der Waals surface area (Å²) in [6, 6.07) is 79.9. The van der Waals surface area contributed by atoms with Crippen LogP contribution in [-0.4, -0.2) is 4.57 Å². The number of fused-ring (bicyclic) bond motifs is 15. The maximum Gasteiger partial charge on any atom is 0.0720 e. The quantitative estimate of drug-likeness (QED) is 0.171. The van der Waals surface area contributed by atoms with Gasteiger partial charge in [-0.25, -0.2) is 0 Å². The highest BCUT2D eigenvalue weighted by Gasteiger charge is 2.59. The van der Waals surface area contributed by atoms with Gasteiger partial charge in [-0.3, -0.25) is 0 Å². The van der Waals surface area contributed by atoms with Crippen molar-refractivity contribution in [2.24, 2.45) is 0 Å². The van der Waals surface area contributed by atoms with E-state index in [1.807, 2.05) is 0 Å². The Balaban J connectivity index is 1.09. The van der Waals surface area contributed by atoms with Gasteiger partial charge in [0.1, 0.15) is 0 Å². The minimum absolute atomic E-state index is 0.441. The molecule has 0 amide bonds. The maximum atomic E-state index is 2.44. The van der Waals surface area contributed by atoms with Gasteiger partial charge in [-0.15, -0.1) is 0 Å². The van der Waals surface area contributed by atoms with Crippen molar-refractivity contribution in [3.63, 3.8) is 0 Å². The maximum absolute atomic E-state index is 2.44. The zero-order valence-corrected chi connectivity index (χ0v) is 31.2. The molecule has 0 saturated carbocycles. The molecule has 3 aliphatic rings. The van der Waals surface area contributed by atoms with Crippen molar-refractivity contribution in [3.8, 4) is 39.1 Å². The van der Waals surface area contributed by atoms with Gasteiger partial charge in [-0.05, 0) is 102 Å². The van der Waals surface area contributed by atoms with Crippen LogP contribution in [0.1, 0.15) is 44.5 Å². The van der Waals surface area contributed by atoms with Crippen molar-refractivity contribution in [1.82, 2.24) is 4.57 Å². The van der Waals surface area contributed by atoms with E-state index >= 15 is 0 Å². The van der Waals surface area contributed by atoms with E-state index in [9.17, 15) is 0 Å². The molecule has 0 fully saturated rings. The second-order valence-electron chi connectivity index (χ2n) is 15.9. The molecule has 2 atom stereocenters. The standard InChI is InChI=1S/C56H35N/c1-2-16-37(17-3-1)55-45-24-8-4-18-40(45)43-23-15-29-50(54(43)55)56(48-27-11-10-26-47(48)55)46-25-9-5-21-44(46)53-39(22-14-28-49(53)56)36-32-34-38(35-33-36)57-51-30-12-6-19-41(51)42-20-7-13-31-52(42)57/h1-35H. The Labute approximate surface area is 331 Å². The van der Waals surface area contributed by atoms with Gasteiger partial charge in [0.25, 0.3) is 0 Å². The molecule has 1 aromatic heterocycles. The van der Waals surface area contributed by atoms with E-state index in [0.717, 1.165) is 0 Å². The highest BCUT2D eigenvalue weighted by molar-refractivity contribution is 6.09. The summed E-state index contributed by atoms with van der Waals surface area (Å²) in [5.41, 5.74) is 21.4. The third-order valence-electron chi connectivity index (χ3n) is 13.5. The summed E-state index contributed by atoms with van der Waals surface area (Å²) in [6.07, 6.45) is 0.